The number of nitrogens with zero attached hydrogens (tertiary/aromatic N) is 1. The summed E-state index contributed by atoms with van der Waals surface area (Å²) in [5.41, 5.74) is 0.488. The molecule has 0 spiro atoms. The van der Waals surface area contributed by atoms with E-state index >= 15 is 0 Å². The maximum atomic E-state index is 12.9. The van der Waals surface area contributed by atoms with Crippen molar-refractivity contribution >= 4 is 29.5 Å². The summed E-state index contributed by atoms with van der Waals surface area (Å²) in [6.07, 6.45) is 0. The molecule has 1 N–H and O–H groups in total. The highest BCUT2D eigenvalue weighted by molar-refractivity contribution is 6.30. The van der Waals surface area contributed by atoms with E-state index in [1.165, 1.54) is 7.11 Å². The smallest absolute Gasteiger partial charge is 0.337 e. The predicted molar refractivity (Wildman–Crippen MR) is 95.7 cm³/mol. The number of benzene rings is 2. The van der Waals surface area contributed by atoms with Crippen molar-refractivity contribution in [3.8, 4) is 0 Å². The van der Waals surface area contributed by atoms with E-state index in [2.05, 4.69) is 5.32 Å². The lowest BCUT2D eigenvalue weighted by molar-refractivity contribution is -0.131. The van der Waals surface area contributed by atoms with Crippen molar-refractivity contribution in [2.24, 2.45) is 0 Å². The van der Waals surface area contributed by atoms with Gasteiger partial charge in [0.05, 0.1) is 19.2 Å². The van der Waals surface area contributed by atoms with Crippen LogP contribution in [0.25, 0.3) is 0 Å². The van der Waals surface area contributed by atoms with Crippen LogP contribution in [0.4, 0.5) is 4.79 Å². The lowest BCUT2D eigenvalue weighted by Gasteiger charge is -2.22. The van der Waals surface area contributed by atoms with Crippen molar-refractivity contribution < 1.29 is 19.1 Å². The summed E-state index contributed by atoms with van der Waals surface area (Å²) in [4.78, 5) is 38.1. The summed E-state index contributed by atoms with van der Waals surface area (Å²) in [6, 6.07) is 12.9. The quantitative estimate of drug-likeness (QED) is 0.661. The number of halogens is 1. The van der Waals surface area contributed by atoms with Gasteiger partial charge in [-0.1, -0.05) is 35.9 Å². The van der Waals surface area contributed by atoms with E-state index in [0.29, 0.717) is 21.7 Å². The molecule has 1 atom stereocenters. The number of hydrogen-bond acceptors (Lipinski definition) is 4. The first kappa shape index (κ1) is 17.9. The Balaban J connectivity index is 1.86. The number of carbonyl (C=O) groups is 3. The molecule has 1 heterocycles. The molecule has 2 aromatic carbocycles. The molecule has 1 fully saturated rings. The summed E-state index contributed by atoms with van der Waals surface area (Å²) < 4.78 is 4.69. The number of esters is 1. The highest BCUT2D eigenvalue weighted by atomic mass is 35.5. The Morgan fingerprint density at radius 2 is 1.88 bits per heavy atom. The van der Waals surface area contributed by atoms with Crippen LogP contribution in [0, 0.1) is 0 Å². The molecule has 134 valence electrons. The van der Waals surface area contributed by atoms with Gasteiger partial charge in [-0.3, -0.25) is 9.69 Å². The van der Waals surface area contributed by atoms with Crippen molar-refractivity contribution in [1.29, 1.82) is 0 Å². The molecule has 0 radical (unpaired) electrons. The summed E-state index contributed by atoms with van der Waals surface area (Å²) >= 11 is 5.90. The number of carbonyl (C=O) groups excluding carboxylic acids is 3. The van der Waals surface area contributed by atoms with Crippen LogP contribution in [0.2, 0.25) is 5.02 Å². The van der Waals surface area contributed by atoms with Crippen molar-refractivity contribution in [3.05, 3.63) is 70.2 Å². The van der Waals surface area contributed by atoms with Crippen molar-refractivity contribution in [3.63, 3.8) is 0 Å². The number of ether oxygens (including phenoxy) is 1. The average Bonchev–Trinajstić information content (AvgIpc) is 2.86. The molecule has 1 aliphatic heterocycles. The third kappa shape index (κ3) is 3.15. The monoisotopic (exact) mass is 372 g/mol. The fourth-order valence-corrected chi connectivity index (χ4v) is 3.04. The zero-order valence-corrected chi connectivity index (χ0v) is 15.0. The Hall–Kier alpha value is -2.86. The maximum Gasteiger partial charge on any atom is 0.337 e. The third-order valence-corrected chi connectivity index (χ3v) is 4.64. The molecule has 1 unspecified atom stereocenters. The molecular formula is C19H17ClN2O4. The minimum atomic E-state index is -1.17. The largest absolute Gasteiger partial charge is 0.465 e. The van der Waals surface area contributed by atoms with Crippen LogP contribution < -0.4 is 5.32 Å². The van der Waals surface area contributed by atoms with E-state index in [1.807, 2.05) is 0 Å². The standard InChI is InChI=1S/C19H17ClN2O4/c1-19(14-6-8-15(20)9-7-14)17(24)22(18(25)21-19)11-12-4-3-5-13(10-12)16(23)26-2/h3-10H,11H2,1-2H3,(H,21,25). The second-order valence-electron chi connectivity index (χ2n) is 6.15. The lowest BCUT2D eigenvalue weighted by Crippen LogP contribution is -2.40. The van der Waals surface area contributed by atoms with Crippen LogP contribution in [-0.2, 0) is 21.6 Å². The fraction of sp³-hybridized carbons (Fsp3) is 0.211. The molecule has 0 bridgehead atoms. The van der Waals surface area contributed by atoms with Crippen LogP contribution in [0.15, 0.2) is 48.5 Å². The van der Waals surface area contributed by atoms with E-state index in [-0.39, 0.29) is 12.5 Å². The fourth-order valence-electron chi connectivity index (χ4n) is 2.92. The van der Waals surface area contributed by atoms with Crippen LogP contribution in [-0.4, -0.2) is 29.9 Å². The number of imide groups is 1. The summed E-state index contributed by atoms with van der Waals surface area (Å²) in [5.74, 6) is -0.844. The molecule has 7 heteroatoms. The van der Waals surface area contributed by atoms with Gasteiger partial charge in [0.15, 0.2) is 0 Å². The predicted octanol–water partition coefficient (Wildman–Crippen LogP) is 3.09. The molecule has 26 heavy (non-hydrogen) atoms. The van der Waals surface area contributed by atoms with Gasteiger partial charge < -0.3 is 10.1 Å². The topological polar surface area (TPSA) is 75.7 Å². The van der Waals surface area contributed by atoms with E-state index in [0.717, 1.165) is 4.90 Å². The summed E-state index contributed by atoms with van der Waals surface area (Å²) in [5, 5.41) is 3.28. The second-order valence-corrected chi connectivity index (χ2v) is 6.58. The molecule has 0 saturated carbocycles. The van der Waals surface area contributed by atoms with Crippen LogP contribution in [0.5, 0.6) is 0 Å². The number of hydrogen-bond donors (Lipinski definition) is 1. The van der Waals surface area contributed by atoms with Crippen LogP contribution >= 0.6 is 11.6 Å². The Labute approximate surface area is 155 Å². The van der Waals surface area contributed by atoms with E-state index in [4.69, 9.17) is 16.3 Å². The first-order valence-corrected chi connectivity index (χ1v) is 8.30. The number of methoxy groups -OCH3 is 1. The molecular weight excluding hydrogens is 356 g/mol. The van der Waals surface area contributed by atoms with Gasteiger partial charge in [0.25, 0.3) is 5.91 Å². The maximum absolute atomic E-state index is 12.9. The van der Waals surface area contributed by atoms with Crippen molar-refractivity contribution in [2.45, 2.75) is 19.0 Å². The Morgan fingerprint density at radius 3 is 2.54 bits per heavy atom. The Morgan fingerprint density at radius 1 is 1.19 bits per heavy atom. The van der Waals surface area contributed by atoms with Crippen molar-refractivity contribution in [1.82, 2.24) is 10.2 Å². The molecule has 3 rings (SSSR count). The first-order chi connectivity index (χ1) is 12.3. The number of rotatable bonds is 4. The average molecular weight is 373 g/mol. The van der Waals surface area contributed by atoms with Gasteiger partial charge in [-0.05, 0) is 42.3 Å². The zero-order chi connectivity index (χ0) is 18.9. The number of nitrogens with one attached hydrogen (secondary N) is 1. The van der Waals surface area contributed by atoms with Gasteiger partial charge in [0.2, 0.25) is 0 Å². The van der Waals surface area contributed by atoms with Crippen LogP contribution in [0.1, 0.15) is 28.4 Å². The number of amides is 3. The van der Waals surface area contributed by atoms with E-state index in [1.54, 1.807) is 55.5 Å². The van der Waals surface area contributed by atoms with Crippen molar-refractivity contribution in [2.75, 3.05) is 7.11 Å². The highest BCUT2D eigenvalue weighted by Crippen LogP contribution is 2.30. The molecule has 6 nitrogen and oxygen atoms in total. The van der Waals surface area contributed by atoms with E-state index < -0.39 is 17.5 Å². The van der Waals surface area contributed by atoms with Gasteiger partial charge in [0.1, 0.15) is 5.54 Å². The van der Waals surface area contributed by atoms with Gasteiger partial charge in [-0.15, -0.1) is 0 Å². The minimum absolute atomic E-state index is 0.0542. The Kier molecular flexibility index (Phi) is 4.70. The highest BCUT2D eigenvalue weighted by Gasteiger charge is 2.48. The van der Waals surface area contributed by atoms with Gasteiger partial charge >= 0.3 is 12.0 Å². The summed E-state index contributed by atoms with van der Waals surface area (Å²) in [6.45, 7) is 1.71. The molecule has 1 saturated heterocycles. The lowest BCUT2D eigenvalue weighted by atomic mass is 9.92. The van der Waals surface area contributed by atoms with Gasteiger partial charge in [-0.2, -0.15) is 0 Å². The third-order valence-electron chi connectivity index (χ3n) is 4.39. The zero-order valence-electron chi connectivity index (χ0n) is 14.3. The molecule has 1 aliphatic rings. The molecule has 0 aromatic heterocycles. The number of urea groups is 1. The molecule has 0 aliphatic carbocycles. The second kappa shape index (κ2) is 6.80. The van der Waals surface area contributed by atoms with Crippen LogP contribution in [0.3, 0.4) is 0 Å². The van der Waals surface area contributed by atoms with Gasteiger partial charge in [0, 0.05) is 5.02 Å². The SMILES string of the molecule is COC(=O)c1cccc(CN2C(=O)NC(C)(c3ccc(Cl)cc3)C2=O)c1. The minimum Gasteiger partial charge on any atom is -0.465 e. The van der Waals surface area contributed by atoms with E-state index in [9.17, 15) is 14.4 Å². The Bertz CT molecular complexity index is 881. The molecule has 2 aromatic rings. The first-order valence-electron chi connectivity index (χ1n) is 7.92. The summed E-state index contributed by atoms with van der Waals surface area (Å²) in [7, 11) is 1.30. The van der Waals surface area contributed by atoms with Gasteiger partial charge in [-0.25, -0.2) is 9.59 Å². The molecule has 3 amide bonds. The normalized spacial score (nSPS) is 19.4.